The number of carbonyl (C=O) groups excluding carboxylic acids is 1. The van der Waals surface area contributed by atoms with Crippen LogP contribution >= 0.6 is 23.2 Å². The Bertz CT molecular complexity index is 950. The largest absolute Gasteiger partial charge is 0.476 e. The second-order valence-corrected chi connectivity index (χ2v) is 8.56. The highest BCUT2D eigenvalue weighted by atomic mass is 35.5. The van der Waals surface area contributed by atoms with Crippen molar-refractivity contribution in [3.63, 3.8) is 0 Å². The molecule has 2 aromatic rings. The van der Waals surface area contributed by atoms with Crippen molar-refractivity contribution < 1.29 is 17.9 Å². The van der Waals surface area contributed by atoms with Gasteiger partial charge >= 0.3 is 0 Å². The van der Waals surface area contributed by atoms with Gasteiger partial charge in [0.1, 0.15) is 5.75 Å². The molecule has 2 aromatic carbocycles. The number of carbonyl (C=O) groups is 1. The van der Waals surface area contributed by atoms with E-state index < -0.39 is 22.0 Å². The Morgan fingerprint density at radius 3 is 2.69 bits per heavy atom. The molecule has 9 heteroatoms. The Morgan fingerprint density at radius 2 is 1.96 bits per heavy atom. The zero-order valence-electron chi connectivity index (χ0n) is 13.8. The molecule has 1 unspecified atom stereocenters. The third-order valence-electron chi connectivity index (χ3n) is 3.94. The minimum Gasteiger partial charge on any atom is -0.476 e. The van der Waals surface area contributed by atoms with Crippen LogP contribution in [-0.2, 0) is 14.8 Å². The Morgan fingerprint density at radius 1 is 1.23 bits per heavy atom. The van der Waals surface area contributed by atoms with Crippen LogP contribution in [0.2, 0.25) is 10.0 Å². The van der Waals surface area contributed by atoms with E-state index in [4.69, 9.17) is 27.9 Å². The van der Waals surface area contributed by atoms with Crippen molar-refractivity contribution in [2.75, 3.05) is 21.9 Å². The van der Waals surface area contributed by atoms with Gasteiger partial charge in [0.05, 0.1) is 33.7 Å². The highest BCUT2D eigenvalue weighted by molar-refractivity contribution is 7.92. The fourth-order valence-electron chi connectivity index (χ4n) is 2.57. The van der Waals surface area contributed by atoms with Gasteiger partial charge in [0, 0.05) is 0 Å². The van der Waals surface area contributed by atoms with Crippen LogP contribution in [-0.4, -0.2) is 32.7 Å². The molecule has 3 rings (SSSR count). The molecule has 1 aliphatic rings. The molecule has 1 amide bonds. The molecule has 0 bridgehead atoms. The first-order valence-electron chi connectivity index (χ1n) is 7.84. The third kappa shape index (κ3) is 3.60. The van der Waals surface area contributed by atoms with Crippen molar-refractivity contribution in [3.05, 3.63) is 52.5 Å². The minimum absolute atomic E-state index is 0.0875. The second-order valence-electron chi connectivity index (χ2n) is 5.60. The molecule has 0 spiro atoms. The molecule has 0 aliphatic carbocycles. The number of anilines is 2. The fraction of sp³-hybridized carbons (Fsp3) is 0.235. The van der Waals surface area contributed by atoms with Gasteiger partial charge in [-0.15, -0.1) is 0 Å². The van der Waals surface area contributed by atoms with Gasteiger partial charge in [0.25, 0.3) is 5.91 Å². The summed E-state index contributed by atoms with van der Waals surface area (Å²) in [7, 11) is -3.56. The van der Waals surface area contributed by atoms with Crippen molar-refractivity contribution in [2.24, 2.45) is 0 Å². The zero-order valence-corrected chi connectivity index (χ0v) is 16.1. The predicted molar refractivity (Wildman–Crippen MR) is 103 cm³/mol. The quantitative estimate of drug-likeness (QED) is 0.829. The number of fused-ring (bicyclic) bond motifs is 1. The lowest BCUT2D eigenvalue weighted by Crippen LogP contribution is -2.49. The number of amides is 1. The highest BCUT2D eigenvalue weighted by Crippen LogP contribution is 2.36. The molecule has 0 fully saturated rings. The third-order valence-corrected chi connectivity index (χ3v) is 6.50. The second kappa shape index (κ2) is 7.34. The number of nitrogens with one attached hydrogen (secondary N) is 1. The monoisotopic (exact) mass is 414 g/mol. The van der Waals surface area contributed by atoms with Gasteiger partial charge in [0.2, 0.25) is 10.0 Å². The summed E-state index contributed by atoms with van der Waals surface area (Å²) in [6.07, 6.45) is -1.03. The summed E-state index contributed by atoms with van der Waals surface area (Å²) in [5.74, 6) is -0.274. The number of ether oxygens (including phenoxy) is 1. The van der Waals surface area contributed by atoms with Crippen molar-refractivity contribution in [2.45, 2.75) is 13.0 Å². The van der Waals surface area contributed by atoms with Crippen LogP contribution in [0.15, 0.2) is 42.5 Å². The molecular formula is C17H16Cl2N2O4S. The van der Waals surface area contributed by atoms with Crippen LogP contribution < -0.4 is 14.4 Å². The summed E-state index contributed by atoms with van der Waals surface area (Å²) in [5, 5.41) is 3.15. The molecule has 0 saturated carbocycles. The maximum Gasteiger partial charge on any atom is 0.267 e. The Kier molecular flexibility index (Phi) is 5.32. The van der Waals surface area contributed by atoms with Crippen molar-refractivity contribution in [1.82, 2.24) is 0 Å². The van der Waals surface area contributed by atoms with Crippen molar-refractivity contribution in [1.29, 1.82) is 0 Å². The Hall–Kier alpha value is -1.96. The summed E-state index contributed by atoms with van der Waals surface area (Å²) in [6.45, 7) is 1.42. The van der Waals surface area contributed by atoms with Gasteiger partial charge in [-0.3, -0.25) is 9.10 Å². The first-order chi connectivity index (χ1) is 12.3. The van der Waals surface area contributed by atoms with E-state index in [9.17, 15) is 13.2 Å². The number of hydrogen-bond acceptors (Lipinski definition) is 4. The standard InChI is InChI=1S/C17H16Cl2N2O4S/c1-2-26(23,24)21-10-15(25-14-9-4-3-8-13(14)21)17(22)20-12-7-5-6-11(18)16(12)19/h3-9,15H,2,10H2,1H3,(H,20,22). The van der Waals surface area contributed by atoms with Crippen LogP contribution in [0.1, 0.15) is 6.92 Å². The van der Waals surface area contributed by atoms with Crippen LogP contribution in [0, 0.1) is 0 Å². The van der Waals surface area contributed by atoms with Crippen molar-refractivity contribution >= 4 is 50.5 Å². The fourth-order valence-corrected chi connectivity index (χ4v) is 4.04. The summed E-state index contributed by atoms with van der Waals surface area (Å²) in [5.41, 5.74) is 0.746. The molecule has 6 nitrogen and oxygen atoms in total. The molecule has 1 aliphatic heterocycles. The van der Waals surface area contributed by atoms with Gasteiger partial charge in [0.15, 0.2) is 6.10 Å². The number of hydrogen-bond donors (Lipinski definition) is 1. The van der Waals surface area contributed by atoms with Gasteiger partial charge in [-0.25, -0.2) is 8.42 Å². The van der Waals surface area contributed by atoms with E-state index in [1.54, 1.807) is 49.4 Å². The molecule has 138 valence electrons. The smallest absolute Gasteiger partial charge is 0.267 e. The lowest BCUT2D eigenvalue weighted by molar-refractivity contribution is -0.122. The number of nitrogens with zero attached hydrogens (tertiary/aromatic N) is 1. The average Bonchev–Trinajstić information content (AvgIpc) is 2.64. The molecule has 1 N–H and O–H groups in total. The van der Waals surface area contributed by atoms with Gasteiger partial charge < -0.3 is 10.1 Å². The van der Waals surface area contributed by atoms with Crippen molar-refractivity contribution in [3.8, 4) is 5.75 Å². The molecule has 0 saturated heterocycles. The van der Waals surface area contributed by atoms with E-state index in [1.807, 2.05) is 0 Å². The summed E-state index contributed by atoms with van der Waals surface area (Å²) in [4.78, 5) is 12.6. The maximum absolute atomic E-state index is 12.6. The number of benzene rings is 2. The zero-order chi connectivity index (χ0) is 18.9. The maximum atomic E-state index is 12.6. The SMILES string of the molecule is CCS(=O)(=O)N1CC(C(=O)Nc2cccc(Cl)c2Cl)Oc2ccccc21. The average molecular weight is 415 g/mol. The van der Waals surface area contributed by atoms with E-state index in [2.05, 4.69) is 5.32 Å². The number of halogens is 2. The van der Waals surface area contributed by atoms with Gasteiger partial charge in [-0.2, -0.15) is 0 Å². The lowest BCUT2D eigenvalue weighted by Gasteiger charge is -2.34. The van der Waals surface area contributed by atoms with Gasteiger partial charge in [-0.05, 0) is 31.2 Å². The summed E-state index contributed by atoms with van der Waals surface area (Å²) in [6, 6.07) is 11.5. The van der Waals surface area contributed by atoms with Crippen LogP contribution in [0.3, 0.4) is 0 Å². The highest BCUT2D eigenvalue weighted by Gasteiger charge is 2.36. The molecule has 0 aromatic heterocycles. The topological polar surface area (TPSA) is 75.7 Å². The van der Waals surface area contributed by atoms with E-state index in [0.29, 0.717) is 22.1 Å². The lowest BCUT2D eigenvalue weighted by atomic mass is 10.2. The first-order valence-corrected chi connectivity index (χ1v) is 10.2. The van der Waals surface area contributed by atoms with E-state index >= 15 is 0 Å². The Labute approximate surface area is 161 Å². The van der Waals surface area contributed by atoms with E-state index in [0.717, 1.165) is 0 Å². The van der Waals surface area contributed by atoms with Crippen LogP contribution in [0.4, 0.5) is 11.4 Å². The van der Waals surface area contributed by atoms with Gasteiger partial charge in [-0.1, -0.05) is 41.4 Å². The normalized spacial score (nSPS) is 16.6. The predicted octanol–water partition coefficient (Wildman–Crippen LogP) is 3.55. The molecule has 1 heterocycles. The van der Waals surface area contributed by atoms with E-state index in [1.165, 1.54) is 4.31 Å². The summed E-state index contributed by atoms with van der Waals surface area (Å²) >= 11 is 12.0. The number of rotatable bonds is 4. The number of sulfonamides is 1. The molecular weight excluding hydrogens is 399 g/mol. The van der Waals surface area contributed by atoms with Crippen LogP contribution in [0.5, 0.6) is 5.75 Å². The molecule has 26 heavy (non-hydrogen) atoms. The van der Waals surface area contributed by atoms with E-state index in [-0.39, 0.29) is 17.3 Å². The first kappa shape index (κ1) is 18.8. The number of para-hydroxylation sites is 2. The minimum atomic E-state index is -3.56. The summed E-state index contributed by atoms with van der Waals surface area (Å²) < 4.78 is 31.8. The Balaban J connectivity index is 1.90. The van der Waals surface area contributed by atoms with Crippen LogP contribution in [0.25, 0.3) is 0 Å². The molecule has 1 atom stereocenters. The molecule has 0 radical (unpaired) electrons.